The molecular weight excluding hydrogens is 909 g/mol. The molecule has 0 unspecified atom stereocenters. The van der Waals surface area contributed by atoms with Gasteiger partial charge in [-0.25, -0.2) is 19.2 Å². The standard InChI is InChI=1S/C31H30O5.C30H30O6/c1-22(2)30(32)35-21-5-20-34-28-16-10-25(11-17-28)7-6-24-8-12-26(13-9-24)27-14-18-29(19-15-27)36-31(33)23(3)4;1-21(2)29(31)34-19-5-18-33-26-12-6-23(7-13-26)20-35-27-14-8-24(9-15-27)25-10-16-28(17-11-25)36-30(32)22(3)4/h6-19H,1,3,5,20-21H2,2,4H3;6-17H,1,3,5,18-20H2,2,4H3/b7-6+;. The van der Waals surface area contributed by atoms with Crippen molar-refractivity contribution in [3.63, 3.8) is 0 Å². The number of hydrogen-bond acceptors (Lipinski definition) is 11. The highest BCUT2D eigenvalue weighted by atomic mass is 16.5. The molecular formula is C61H60O11. The lowest BCUT2D eigenvalue weighted by atomic mass is 10.0. The van der Waals surface area contributed by atoms with E-state index in [1.165, 1.54) is 0 Å². The van der Waals surface area contributed by atoms with E-state index in [-0.39, 0.29) is 11.9 Å². The van der Waals surface area contributed by atoms with Crippen LogP contribution in [0.4, 0.5) is 0 Å². The van der Waals surface area contributed by atoms with Crippen LogP contribution in [-0.2, 0) is 35.3 Å². The van der Waals surface area contributed by atoms with Crippen molar-refractivity contribution in [2.75, 3.05) is 26.4 Å². The summed E-state index contributed by atoms with van der Waals surface area (Å²) in [5.74, 6) is 1.61. The molecule has 0 atom stereocenters. The van der Waals surface area contributed by atoms with Crippen LogP contribution in [0.3, 0.4) is 0 Å². The number of carbonyl (C=O) groups is 4. The molecule has 0 aliphatic carbocycles. The van der Waals surface area contributed by atoms with Gasteiger partial charge in [-0.05, 0) is 127 Å². The summed E-state index contributed by atoms with van der Waals surface area (Å²) in [6.45, 7) is 22.7. The van der Waals surface area contributed by atoms with Gasteiger partial charge in [0, 0.05) is 35.1 Å². The fraction of sp³-hybridized carbons (Fsp3) is 0.180. The minimum absolute atomic E-state index is 0.298. The van der Waals surface area contributed by atoms with Gasteiger partial charge in [-0.2, -0.15) is 0 Å². The Morgan fingerprint density at radius 2 is 0.653 bits per heavy atom. The highest BCUT2D eigenvalue weighted by Gasteiger charge is 2.09. The first-order valence-corrected chi connectivity index (χ1v) is 23.2. The third-order valence-corrected chi connectivity index (χ3v) is 10.2. The molecule has 11 heteroatoms. The molecule has 0 aromatic heterocycles. The Balaban J connectivity index is 0.000000267. The molecule has 0 N–H and O–H groups in total. The molecule has 0 heterocycles. The molecule has 6 aromatic rings. The third-order valence-electron chi connectivity index (χ3n) is 10.2. The minimum Gasteiger partial charge on any atom is -0.493 e. The fourth-order valence-corrected chi connectivity index (χ4v) is 6.14. The Bertz CT molecular complexity index is 2820. The van der Waals surface area contributed by atoms with Crippen LogP contribution in [0.15, 0.2) is 194 Å². The first-order valence-electron chi connectivity index (χ1n) is 23.2. The lowest BCUT2D eigenvalue weighted by molar-refractivity contribution is -0.140. The van der Waals surface area contributed by atoms with Gasteiger partial charge in [0.2, 0.25) is 0 Å². The Labute approximate surface area is 422 Å². The zero-order chi connectivity index (χ0) is 51.8. The summed E-state index contributed by atoms with van der Waals surface area (Å²) in [6.07, 6.45) is 5.31. The zero-order valence-electron chi connectivity index (χ0n) is 41.3. The monoisotopic (exact) mass is 968 g/mol. The third kappa shape index (κ3) is 18.7. The van der Waals surface area contributed by atoms with E-state index in [1.807, 2.05) is 103 Å². The molecule has 6 rings (SSSR count). The molecule has 6 aromatic carbocycles. The van der Waals surface area contributed by atoms with Crippen molar-refractivity contribution >= 4 is 36.0 Å². The second kappa shape index (κ2) is 28.1. The summed E-state index contributed by atoms with van der Waals surface area (Å²) in [6, 6.07) is 46.2. The molecule has 0 aliphatic rings. The van der Waals surface area contributed by atoms with Crippen molar-refractivity contribution in [3.8, 4) is 51.0 Å². The number of ether oxygens (including phenoxy) is 7. The number of benzene rings is 6. The van der Waals surface area contributed by atoms with E-state index in [1.54, 1.807) is 52.0 Å². The van der Waals surface area contributed by atoms with E-state index < -0.39 is 11.9 Å². The normalized spacial score (nSPS) is 10.4. The van der Waals surface area contributed by atoms with Crippen molar-refractivity contribution in [2.24, 2.45) is 0 Å². The molecule has 0 spiro atoms. The van der Waals surface area contributed by atoms with E-state index in [4.69, 9.17) is 33.2 Å². The maximum Gasteiger partial charge on any atom is 0.338 e. The lowest BCUT2D eigenvalue weighted by Gasteiger charge is -2.10. The smallest absolute Gasteiger partial charge is 0.338 e. The summed E-state index contributed by atoms with van der Waals surface area (Å²) in [4.78, 5) is 45.9. The Kier molecular flexibility index (Phi) is 21.2. The van der Waals surface area contributed by atoms with Gasteiger partial charge in [0.1, 0.15) is 35.4 Å². The van der Waals surface area contributed by atoms with Gasteiger partial charge in [-0.15, -0.1) is 0 Å². The molecule has 0 aliphatic heterocycles. The zero-order valence-corrected chi connectivity index (χ0v) is 41.3. The van der Waals surface area contributed by atoms with Crippen LogP contribution in [0.5, 0.6) is 28.7 Å². The number of hydrogen-bond donors (Lipinski definition) is 0. The molecule has 0 amide bonds. The van der Waals surface area contributed by atoms with Gasteiger partial charge >= 0.3 is 23.9 Å². The fourth-order valence-electron chi connectivity index (χ4n) is 6.14. The molecule has 72 heavy (non-hydrogen) atoms. The Morgan fingerprint density at radius 3 is 1.01 bits per heavy atom. The van der Waals surface area contributed by atoms with Crippen molar-refractivity contribution in [2.45, 2.75) is 47.1 Å². The van der Waals surface area contributed by atoms with Gasteiger partial charge in [0.05, 0.1) is 26.4 Å². The summed E-state index contributed by atoms with van der Waals surface area (Å²) in [5.41, 5.74) is 8.78. The molecule has 0 saturated heterocycles. The second-order valence-corrected chi connectivity index (χ2v) is 16.6. The number of carbonyl (C=O) groups excluding carboxylic acids is 4. The lowest BCUT2D eigenvalue weighted by Crippen LogP contribution is -2.09. The quantitative estimate of drug-likeness (QED) is 0.0200. The van der Waals surface area contributed by atoms with Crippen LogP contribution in [0.1, 0.15) is 57.2 Å². The van der Waals surface area contributed by atoms with Crippen LogP contribution in [0, 0.1) is 0 Å². The number of rotatable bonds is 23. The summed E-state index contributed by atoms with van der Waals surface area (Å²) in [5, 5.41) is 0. The molecule has 11 nitrogen and oxygen atoms in total. The van der Waals surface area contributed by atoms with E-state index in [0.29, 0.717) is 79.7 Å². The first kappa shape index (κ1) is 54.2. The molecule has 0 bridgehead atoms. The molecule has 0 saturated carbocycles. The summed E-state index contributed by atoms with van der Waals surface area (Å²) >= 11 is 0. The summed E-state index contributed by atoms with van der Waals surface area (Å²) < 4.78 is 37.8. The average Bonchev–Trinajstić information content (AvgIpc) is 3.38. The van der Waals surface area contributed by atoms with Crippen LogP contribution in [-0.4, -0.2) is 50.3 Å². The second-order valence-electron chi connectivity index (χ2n) is 16.6. The van der Waals surface area contributed by atoms with Crippen molar-refractivity contribution < 1.29 is 52.3 Å². The van der Waals surface area contributed by atoms with E-state index in [9.17, 15) is 19.2 Å². The maximum atomic E-state index is 11.6. The van der Waals surface area contributed by atoms with Gasteiger partial charge in [0.15, 0.2) is 0 Å². The Morgan fingerprint density at radius 1 is 0.361 bits per heavy atom. The highest BCUT2D eigenvalue weighted by Crippen LogP contribution is 2.27. The van der Waals surface area contributed by atoms with E-state index in [2.05, 4.69) is 56.7 Å². The van der Waals surface area contributed by atoms with Gasteiger partial charge in [0.25, 0.3) is 0 Å². The predicted octanol–water partition coefficient (Wildman–Crippen LogP) is 13.2. The largest absolute Gasteiger partial charge is 0.493 e. The molecule has 0 fully saturated rings. The van der Waals surface area contributed by atoms with Gasteiger partial charge in [-0.1, -0.05) is 123 Å². The van der Waals surface area contributed by atoms with Crippen LogP contribution < -0.4 is 23.7 Å². The van der Waals surface area contributed by atoms with Crippen molar-refractivity contribution in [1.29, 1.82) is 0 Å². The predicted molar refractivity (Wildman–Crippen MR) is 283 cm³/mol. The SMILES string of the molecule is C=C(C)C(=O)OCCCOc1ccc(/C=C/c2ccc(-c3ccc(OC(=O)C(=C)C)cc3)cc2)cc1.C=C(C)C(=O)OCCCOc1ccc(COc2ccc(-c3ccc(OC(=O)C(=C)C)cc3)cc2)cc1. The Hall–Kier alpha value is -8.70. The van der Waals surface area contributed by atoms with Gasteiger partial charge < -0.3 is 33.2 Å². The highest BCUT2D eigenvalue weighted by molar-refractivity contribution is 5.89. The molecule has 370 valence electrons. The maximum absolute atomic E-state index is 11.6. The van der Waals surface area contributed by atoms with Crippen molar-refractivity contribution in [3.05, 3.63) is 211 Å². The van der Waals surface area contributed by atoms with Crippen LogP contribution in [0.2, 0.25) is 0 Å². The van der Waals surface area contributed by atoms with Crippen LogP contribution in [0.25, 0.3) is 34.4 Å². The topological polar surface area (TPSA) is 133 Å². The first-order chi connectivity index (χ1) is 34.6. The van der Waals surface area contributed by atoms with E-state index >= 15 is 0 Å². The molecule has 0 radical (unpaired) electrons. The van der Waals surface area contributed by atoms with Gasteiger partial charge in [-0.3, -0.25) is 0 Å². The van der Waals surface area contributed by atoms with Crippen LogP contribution >= 0.6 is 0 Å². The summed E-state index contributed by atoms with van der Waals surface area (Å²) in [7, 11) is 0. The van der Waals surface area contributed by atoms with E-state index in [0.717, 1.165) is 56.2 Å². The number of esters is 4. The van der Waals surface area contributed by atoms with Crippen molar-refractivity contribution in [1.82, 2.24) is 0 Å². The average molecular weight is 969 g/mol. The minimum atomic E-state index is -0.440.